The molecule has 1 aliphatic carbocycles. The van der Waals surface area contributed by atoms with Gasteiger partial charge in [-0.2, -0.15) is 0 Å². The Morgan fingerprint density at radius 3 is 2.20 bits per heavy atom. The lowest BCUT2D eigenvalue weighted by atomic mass is 10.1. The zero-order valence-electron chi connectivity index (χ0n) is 2.89. The van der Waals surface area contributed by atoms with Gasteiger partial charge in [0.15, 0.2) is 0 Å². The van der Waals surface area contributed by atoms with Crippen molar-refractivity contribution in [1.29, 1.82) is 0 Å². The van der Waals surface area contributed by atoms with E-state index in [4.69, 9.17) is 5.11 Å². The summed E-state index contributed by atoms with van der Waals surface area (Å²) in [4.78, 5) is 0. The Morgan fingerprint density at radius 2 is 2.20 bits per heavy atom. The molecule has 0 fully saturated rings. The van der Waals surface area contributed by atoms with Gasteiger partial charge < -0.3 is 5.11 Å². The van der Waals surface area contributed by atoms with E-state index in [0.29, 0.717) is 0 Å². The fourth-order valence-corrected chi connectivity index (χ4v) is 0.258. The Labute approximate surface area is 30.9 Å². The van der Waals surface area contributed by atoms with Gasteiger partial charge in [-0.25, -0.2) is 0 Å². The first-order chi connectivity index (χ1) is 2.39. The van der Waals surface area contributed by atoms with Crippen LogP contribution in [-0.4, -0.2) is 11.2 Å². The molecule has 28 valence electrons. The predicted molar refractivity (Wildman–Crippen MR) is 19.8 cm³/mol. The van der Waals surface area contributed by atoms with Crippen LogP contribution in [0.15, 0.2) is 12.2 Å². The van der Waals surface area contributed by atoms with Gasteiger partial charge in [0.2, 0.25) is 0 Å². The molecule has 0 amide bonds. The third-order valence-corrected chi connectivity index (χ3v) is 0.736. The molecule has 1 N–H and O–H groups in total. The summed E-state index contributed by atoms with van der Waals surface area (Å²) in [6, 6.07) is 0. The zero-order valence-corrected chi connectivity index (χ0v) is 2.89. The molecule has 0 saturated carbocycles. The molecule has 0 bridgehead atoms. The fourth-order valence-electron chi connectivity index (χ4n) is 0.258. The Hall–Kier alpha value is -0.300. The van der Waals surface area contributed by atoms with Crippen molar-refractivity contribution in [2.24, 2.45) is 0 Å². The highest BCUT2D eigenvalue weighted by Crippen LogP contribution is 2.04. The molecule has 1 aliphatic rings. The van der Waals surface area contributed by atoms with E-state index in [0.717, 1.165) is 6.42 Å². The van der Waals surface area contributed by atoms with Crippen molar-refractivity contribution in [3.63, 3.8) is 0 Å². The lowest BCUT2D eigenvalue weighted by Gasteiger charge is -2.06. The zero-order chi connectivity index (χ0) is 3.70. The molecule has 0 aliphatic heterocycles. The Kier molecular flexibility index (Phi) is 0.484. The second-order valence-corrected chi connectivity index (χ2v) is 1.23. The molecular weight excluding hydrogens is 64.0 g/mol. The lowest BCUT2D eigenvalue weighted by molar-refractivity contribution is 0.210. The molecule has 0 spiro atoms. The first-order valence-corrected chi connectivity index (χ1v) is 1.74. The van der Waals surface area contributed by atoms with Crippen LogP contribution < -0.4 is 0 Å². The van der Waals surface area contributed by atoms with E-state index in [9.17, 15) is 0 Å². The minimum Gasteiger partial charge on any atom is -0.389 e. The predicted octanol–water partition coefficient (Wildman–Crippen LogP) is 0.307. The molecule has 0 aromatic rings. The summed E-state index contributed by atoms with van der Waals surface area (Å²) in [5, 5.41) is 8.36. The molecule has 0 radical (unpaired) electrons. The van der Waals surface area contributed by atoms with Crippen molar-refractivity contribution in [3.05, 3.63) is 12.2 Å². The third-order valence-electron chi connectivity index (χ3n) is 0.736. The van der Waals surface area contributed by atoms with Crippen LogP contribution >= 0.6 is 0 Å². The largest absolute Gasteiger partial charge is 0.389 e. The smallest absolute Gasteiger partial charge is 0.0755 e. The van der Waals surface area contributed by atoms with Crippen molar-refractivity contribution in [2.45, 2.75) is 12.5 Å². The Morgan fingerprint density at radius 1 is 1.80 bits per heavy atom. The van der Waals surface area contributed by atoms with Gasteiger partial charge in [0.1, 0.15) is 0 Å². The molecule has 0 aromatic carbocycles. The molecule has 0 heterocycles. The summed E-state index contributed by atoms with van der Waals surface area (Å²) >= 11 is 0. The van der Waals surface area contributed by atoms with Gasteiger partial charge in [-0.05, 0) is 6.42 Å². The molecule has 1 nitrogen and oxygen atoms in total. The summed E-state index contributed by atoms with van der Waals surface area (Å²) in [5.41, 5.74) is 0. The van der Waals surface area contributed by atoms with Gasteiger partial charge in [0, 0.05) is 0 Å². The van der Waals surface area contributed by atoms with E-state index in [1.807, 2.05) is 6.08 Å². The van der Waals surface area contributed by atoms with Gasteiger partial charge in [-0.15, -0.1) is 0 Å². The van der Waals surface area contributed by atoms with Crippen molar-refractivity contribution in [2.75, 3.05) is 0 Å². The van der Waals surface area contributed by atoms with E-state index >= 15 is 0 Å². The van der Waals surface area contributed by atoms with Crippen LogP contribution in [0.2, 0.25) is 0 Å². The minimum atomic E-state index is -0.116. The monoisotopic (exact) mass is 70.0 g/mol. The molecule has 0 saturated heterocycles. The second kappa shape index (κ2) is 0.830. The SMILES string of the molecule is OC1C=CC1. The van der Waals surface area contributed by atoms with Crippen molar-refractivity contribution in [1.82, 2.24) is 0 Å². The van der Waals surface area contributed by atoms with E-state index in [2.05, 4.69) is 0 Å². The average molecular weight is 70.1 g/mol. The van der Waals surface area contributed by atoms with Gasteiger partial charge in [-0.3, -0.25) is 0 Å². The first-order valence-electron chi connectivity index (χ1n) is 1.74. The number of hydrogen-bond acceptors (Lipinski definition) is 1. The van der Waals surface area contributed by atoms with E-state index in [-0.39, 0.29) is 6.10 Å². The highest BCUT2D eigenvalue weighted by Gasteiger charge is 2.00. The molecule has 1 rings (SSSR count). The normalized spacial score (nSPS) is 33.4. The van der Waals surface area contributed by atoms with E-state index in [1.54, 1.807) is 6.08 Å². The summed E-state index contributed by atoms with van der Waals surface area (Å²) in [7, 11) is 0. The van der Waals surface area contributed by atoms with Crippen molar-refractivity contribution < 1.29 is 5.11 Å². The maximum atomic E-state index is 8.36. The van der Waals surface area contributed by atoms with Crippen LogP contribution in [0.25, 0.3) is 0 Å². The summed E-state index contributed by atoms with van der Waals surface area (Å²) in [5.74, 6) is 0. The van der Waals surface area contributed by atoms with Crippen LogP contribution in [-0.2, 0) is 0 Å². The third kappa shape index (κ3) is 0.329. The molecule has 5 heavy (non-hydrogen) atoms. The average Bonchev–Trinajstić information content (AvgIpc) is 1.30. The van der Waals surface area contributed by atoms with Crippen molar-refractivity contribution in [3.8, 4) is 0 Å². The molecule has 0 aromatic heterocycles. The van der Waals surface area contributed by atoms with Crippen LogP contribution in [0.3, 0.4) is 0 Å². The number of hydrogen-bond donors (Lipinski definition) is 1. The Balaban J connectivity index is 2.39. The van der Waals surface area contributed by atoms with Crippen LogP contribution in [0.1, 0.15) is 6.42 Å². The number of rotatable bonds is 0. The van der Waals surface area contributed by atoms with Crippen molar-refractivity contribution >= 4 is 0 Å². The first kappa shape index (κ1) is 2.91. The summed E-state index contributed by atoms with van der Waals surface area (Å²) in [6.07, 6.45) is 4.47. The standard InChI is InChI=1S/C4H6O/c5-4-2-1-3-4/h1-2,4-5H,3H2. The number of aliphatic hydroxyl groups is 1. The number of aliphatic hydroxyl groups excluding tert-OH is 1. The van der Waals surface area contributed by atoms with Gasteiger partial charge in [0.25, 0.3) is 0 Å². The minimum absolute atomic E-state index is 0.116. The summed E-state index contributed by atoms with van der Waals surface area (Å²) < 4.78 is 0. The lowest BCUT2D eigenvalue weighted by Crippen LogP contribution is -2.06. The van der Waals surface area contributed by atoms with Gasteiger partial charge in [0.05, 0.1) is 6.10 Å². The fraction of sp³-hybridized carbons (Fsp3) is 0.500. The highest BCUT2D eigenvalue weighted by atomic mass is 16.3. The topological polar surface area (TPSA) is 20.2 Å². The van der Waals surface area contributed by atoms with Crippen LogP contribution in [0.4, 0.5) is 0 Å². The molecular formula is C4H6O. The van der Waals surface area contributed by atoms with Crippen LogP contribution in [0, 0.1) is 0 Å². The maximum absolute atomic E-state index is 8.36. The molecule has 1 atom stereocenters. The maximum Gasteiger partial charge on any atom is 0.0755 e. The quantitative estimate of drug-likeness (QED) is 0.406. The second-order valence-electron chi connectivity index (χ2n) is 1.23. The molecule has 1 heteroatoms. The highest BCUT2D eigenvalue weighted by molar-refractivity contribution is 5.02. The molecule has 1 unspecified atom stereocenters. The van der Waals surface area contributed by atoms with Gasteiger partial charge >= 0.3 is 0 Å². The summed E-state index contributed by atoms with van der Waals surface area (Å²) in [6.45, 7) is 0. The van der Waals surface area contributed by atoms with Gasteiger partial charge in [-0.1, -0.05) is 12.2 Å². The Bertz CT molecular complexity index is 56.7. The van der Waals surface area contributed by atoms with E-state index in [1.165, 1.54) is 0 Å². The van der Waals surface area contributed by atoms with Crippen LogP contribution in [0.5, 0.6) is 0 Å². The van der Waals surface area contributed by atoms with E-state index < -0.39 is 0 Å².